The summed E-state index contributed by atoms with van der Waals surface area (Å²) in [4.78, 5) is 24.5. The van der Waals surface area contributed by atoms with E-state index in [4.69, 9.17) is 22.0 Å². The molecule has 1 aliphatic heterocycles. The Labute approximate surface area is 133 Å². The number of β-amino-alcohol motifs (C(OH)–C–C–N with tert-alkyl or cyclic N) is 1. The molecule has 0 bridgehead atoms. The van der Waals surface area contributed by atoms with Gasteiger partial charge in [-0.2, -0.15) is 5.26 Å². The van der Waals surface area contributed by atoms with Crippen LogP contribution in [0, 0.1) is 11.3 Å². The second-order valence-corrected chi connectivity index (χ2v) is 5.39. The Morgan fingerprint density at radius 3 is 2.76 bits per heavy atom. The van der Waals surface area contributed by atoms with Gasteiger partial charge < -0.3 is 10.4 Å². The number of aliphatic hydroxyl groups is 1. The molecule has 0 saturated heterocycles. The van der Waals surface area contributed by atoms with Crippen molar-refractivity contribution in [3.05, 3.63) is 39.0 Å². The number of amides is 2. The lowest BCUT2D eigenvalue weighted by Gasteiger charge is -2.14. The number of nitriles is 1. The Kier molecular flexibility index (Phi) is 4.63. The molecule has 2 rings (SSSR count). The third-order valence-corrected chi connectivity index (χ3v) is 3.75. The summed E-state index contributed by atoms with van der Waals surface area (Å²) in [6, 6.07) is 4.97. The number of imide groups is 1. The molecule has 8 heteroatoms. The van der Waals surface area contributed by atoms with E-state index in [9.17, 15) is 9.59 Å². The molecule has 21 heavy (non-hydrogen) atoms. The van der Waals surface area contributed by atoms with Gasteiger partial charge in [-0.3, -0.25) is 14.5 Å². The molecule has 2 amide bonds. The van der Waals surface area contributed by atoms with Gasteiger partial charge in [0.15, 0.2) is 0 Å². The van der Waals surface area contributed by atoms with Crippen LogP contribution in [0.4, 0.5) is 5.69 Å². The smallest absolute Gasteiger partial charge is 0.277 e. The molecule has 1 heterocycles. The normalized spacial score (nSPS) is 14.2. The van der Waals surface area contributed by atoms with Crippen molar-refractivity contribution in [2.75, 3.05) is 18.5 Å². The fraction of sp³-hybridized carbons (Fsp3) is 0.154. The highest BCUT2D eigenvalue weighted by Crippen LogP contribution is 2.30. The van der Waals surface area contributed by atoms with E-state index < -0.39 is 11.8 Å². The van der Waals surface area contributed by atoms with E-state index in [1.807, 2.05) is 6.07 Å². The van der Waals surface area contributed by atoms with Crippen molar-refractivity contribution in [3.63, 3.8) is 0 Å². The molecule has 0 aliphatic carbocycles. The van der Waals surface area contributed by atoms with E-state index in [0.717, 1.165) is 11.0 Å². The van der Waals surface area contributed by atoms with Crippen molar-refractivity contribution in [3.8, 4) is 6.07 Å². The van der Waals surface area contributed by atoms with E-state index in [0.29, 0.717) is 20.7 Å². The zero-order chi connectivity index (χ0) is 15.6. The lowest BCUT2D eigenvalue weighted by Crippen LogP contribution is -2.34. The van der Waals surface area contributed by atoms with Crippen LogP contribution in [0.2, 0.25) is 5.02 Å². The van der Waals surface area contributed by atoms with Gasteiger partial charge >= 0.3 is 0 Å². The summed E-state index contributed by atoms with van der Waals surface area (Å²) in [6.07, 6.45) is 1.13. The first-order valence-corrected chi connectivity index (χ1v) is 6.99. The Bertz CT molecular complexity index is 697. The van der Waals surface area contributed by atoms with Crippen LogP contribution in [-0.4, -0.2) is 35.0 Å². The maximum Gasteiger partial charge on any atom is 0.277 e. The van der Waals surface area contributed by atoms with Crippen molar-refractivity contribution in [2.45, 2.75) is 0 Å². The molecule has 1 aromatic rings. The van der Waals surface area contributed by atoms with E-state index in [1.54, 1.807) is 0 Å². The van der Waals surface area contributed by atoms with Crippen molar-refractivity contribution in [1.82, 2.24) is 4.90 Å². The molecule has 0 spiro atoms. The van der Waals surface area contributed by atoms with Crippen molar-refractivity contribution >= 4 is 45.0 Å². The van der Waals surface area contributed by atoms with Crippen LogP contribution in [0.3, 0.4) is 0 Å². The number of carbonyl (C=O) groups is 2. The van der Waals surface area contributed by atoms with Gasteiger partial charge in [0.05, 0.1) is 29.4 Å². The van der Waals surface area contributed by atoms with Gasteiger partial charge in [0.2, 0.25) is 0 Å². The number of rotatable bonds is 4. The predicted molar refractivity (Wildman–Crippen MR) is 79.4 cm³/mol. The number of nitrogens with zero attached hydrogens (tertiary/aromatic N) is 2. The lowest BCUT2D eigenvalue weighted by molar-refractivity contribution is -0.137. The number of carbonyl (C=O) groups excluding carboxylic acids is 2. The average Bonchev–Trinajstić information content (AvgIpc) is 2.70. The summed E-state index contributed by atoms with van der Waals surface area (Å²) in [5.41, 5.74) is 0.725. The molecule has 0 saturated carbocycles. The summed E-state index contributed by atoms with van der Waals surface area (Å²) < 4.78 is 0.533. The van der Waals surface area contributed by atoms with Crippen LogP contribution in [-0.2, 0) is 9.59 Å². The quantitative estimate of drug-likeness (QED) is 0.786. The highest BCUT2D eigenvalue weighted by molar-refractivity contribution is 9.10. The Morgan fingerprint density at radius 2 is 2.14 bits per heavy atom. The molecule has 2 N–H and O–H groups in total. The third-order valence-electron chi connectivity index (χ3n) is 2.78. The molecule has 1 aromatic carbocycles. The fourth-order valence-corrected chi connectivity index (χ4v) is 2.56. The summed E-state index contributed by atoms with van der Waals surface area (Å²) in [5, 5.41) is 20.8. The van der Waals surface area contributed by atoms with Crippen molar-refractivity contribution in [2.24, 2.45) is 0 Å². The predicted octanol–water partition coefficient (Wildman–Crippen LogP) is 1.63. The van der Waals surface area contributed by atoms with Gasteiger partial charge in [-0.05, 0) is 28.1 Å². The molecule has 0 fully saturated rings. The number of benzene rings is 1. The van der Waals surface area contributed by atoms with E-state index in [-0.39, 0.29) is 18.8 Å². The number of anilines is 1. The van der Waals surface area contributed by atoms with Gasteiger partial charge in [-0.1, -0.05) is 11.6 Å². The van der Waals surface area contributed by atoms with Gasteiger partial charge in [-0.25, -0.2) is 0 Å². The third kappa shape index (κ3) is 3.08. The van der Waals surface area contributed by atoms with E-state index in [1.165, 1.54) is 12.1 Å². The SMILES string of the molecule is N#Cc1cc(NC2=CC(=O)N(CCO)C2=O)c(Cl)cc1Br. The topological polar surface area (TPSA) is 93.4 Å². The lowest BCUT2D eigenvalue weighted by atomic mass is 10.2. The summed E-state index contributed by atoms with van der Waals surface area (Å²) >= 11 is 9.24. The molecule has 0 radical (unpaired) electrons. The largest absolute Gasteiger partial charge is 0.395 e. The Morgan fingerprint density at radius 1 is 1.43 bits per heavy atom. The minimum atomic E-state index is -0.549. The minimum Gasteiger partial charge on any atom is -0.395 e. The van der Waals surface area contributed by atoms with Gasteiger partial charge in [0.1, 0.15) is 11.8 Å². The van der Waals surface area contributed by atoms with E-state index in [2.05, 4.69) is 21.2 Å². The fourth-order valence-electron chi connectivity index (χ4n) is 1.79. The van der Waals surface area contributed by atoms with Crippen LogP contribution in [0.1, 0.15) is 5.56 Å². The zero-order valence-electron chi connectivity index (χ0n) is 10.6. The number of nitrogens with one attached hydrogen (secondary N) is 1. The maximum atomic E-state index is 12.0. The minimum absolute atomic E-state index is 0.0431. The summed E-state index contributed by atoms with van der Waals surface area (Å²) in [7, 11) is 0. The molecule has 108 valence electrons. The molecule has 0 atom stereocenters. The Balaban J connectivity index is 2.28. The summed E-state index contributed by atoms with van der Waals surface area (Å²) in [5.74, 6) is -1.06. The van der Waals surface area contributed by atoms with Crippen LogP contribution < -0.4 is 5.32 Å². The number of hydrogen-bond acceptors (Lipinski definition) is 5. The molecular weight excluding hydrogens is 362 g/mol. The second-order valence-electron chi connectivity index (χ2n) is 4.13. The molecule has 0 unspecified atom stereocenters. The molecule has 0 aromatic heterocycles. The van der Waals surface area contributed by atoms with Crippen LogP contribution in [0.15, 0.2) is 28.4 Å². The monoisotopic (exact) mass is 369 g/mol. The number of hydrogen-bond donors (Lipinski definition) is 2. The summed E-state index contributed by atoms with van der Waals surface area (Å²) in [6.45, 7) is -0.382. The Hall–Kier alpha value is -1.88. The molecule has 6 nitrogen and oxygen atoms in total. The standard InChI is InChI=1S/C13H9BrClN3O3/c14-8-4-9(15)10(3-7(8)6-16)17-11-5-12(20)18(1-2-19)13(11)21/h3-5,17,19H,1-2H2. The van der Waals surface area contributed by atoms with Crippen LogP contribution >= 0.6 is 27.5 Å². The van der Waals surface area contributed by atoms with Gasteiger partial charge in [0.25, 0.3) is 11.8 Å². The first kappa shape index (κ1) is 15.5. The highest BCUT2D eigenvalue weighted by atomic mass is 79.9. The van der Waals surface area contributed by atoms with E-state index >= 15 is 0 Å². The first-order valence-electron chi connectivity index (χ1n) is 5.82. The highest BCUT2D eigenvalue weighted by Gasteiger charge is 2.30. The van der Waals surface area contributed by atoms with Gasteiger partial charge in [-0.15, -0.1) is 0 Å². The molecular formula is C13H9BrClN3O3. The van der Waals surface area contributed by atoms with Crippen LogP contribution in [0.5, 0.6) is 0 Å². The van der Waals surface area contributed by atoms with Crippen molar-refractivity contribution < 1.29 is 14.7 Å². The second kappa shape index (κ2) is 6.26. The first-order chi connectivity index (χ1) is 9.97. The maximum absolute atomic E-state index is 12.0. The number of aliphatic hydroxyl groups excluding tert-OH is 1. The molecule has 1 aliphatic rings. The van der Waals surface area contributed by atoms with Crippen LogP contribution in [0.25, 0.3) is 0 Å². The number of halogens is 2. The van der Waals surface area contributed by atoms with Crippen molar-refractivity contribution in [1.29, 1.82) is 5.26 Å². The zero-order valence-corrected chi connectivity index (χ0v) is 12.9. The average molecular weight is 371 g/mol. The van der Waals surface area contributed by atoms with Gasteiger partial charge in [0, 0.05) is 10.5 Å².